The highest BCUT2D eigenvalue weighted by Crippen LogP contribution is 2.21. The summed E-state index contributed by atoms with van der Waals surface area (Å²) in [7, 11) is 1.66. The molecule has 102 valence electrons. The molecule has 2 aromatic heterocycles. The standard InChI is InChI=1S/C15H15N3OS/c1-10-4-3-5-11(16-10)9-18-14-8-12(19-2)6-7-13(14)17-15(18)20/h3-8H,9H2,1-2H3,(H,17,20). The van der Waals surface area contributed by atoms with Crippen LogP contribution < -0.4 is 4.74 Å². The molecule has 0 aliphatic carbocycles. The van der Waals surface area contributed by atoms with Gasteiger partial charge in [-0.05, 0) is 43.4 Å². The SMILES string of the molecule is COc1ccc2[nH]c(=S)n(Cc3cccc(C)n3)c2c1. The van der Waals surface area contributed by atoms with E-state index in [1.165, 1.54) is 0 Å². The Bertz CT molecular complexity index is 819. The number of aromatic nitrogens is 3. The highest BCUT2D eigenvalue weighted by atomic mass is 32.1. The van der Waals surface area contributed by atoms with Crippen LogP contribution in [-0.4, -0.2) is 21.6 Å². The number of aromatic amines is 1. The number of imidazole rings is 1. The molecule has 3 rings (SSSR count). The van der Waals surface area contributed by atoms with Crippen LogP contribution in [0.5, 0.6) is 5.75 Å². The molecule has 0 fully saturated rings. The van der Waals surface area contributed by atoms with Crippen LogP contribution in [0, 0.1) is 11.7 Å². The van der Waals surface area contributed by atoms with Gasteiger partial charge in [0.05, 0.1) is 30.4 Å². The monoisotopic (exact) mass is 285 g/mol. The molecular weight excluding hydrogens is 270 g/mol. The van der Waals surface area contributed by atoms with Gasteiger partial charge in [-0.3, -0.25) is 4.98 Å². The van der Waals surface area contributed by atoms with E-state index in [9.17, 15) is 0 Å². The Kier molecular flexibility index (Phi) is 3.28. The molecule has 0 aliphatic rings. The molecule has 3 aromatic rings. The number of hydrogen-bond acceptors (Lipinski definition) is 3. The van der Waals surface area contributed by atoms with Gasteiger partial charge in [0, 0.05) is 11.8 Å². The Hall–Kier alpha value is -2.14. The van der Waals surface area contributed by atoms with Gasteiger partial charge in [-0.2, -0.15) is 0 Å². The van der Waals surface area contributed by atoms with Gasteiger partial charge < -0.3 is 14.3 Å². The summed E-state index contributed by atoms with van der Waals surface area (Å²) >= 11 is 5.40. The van der Waals surface area contributed by atoms with Crippen LogP contribution in [0.3, 0.4) is 0 Å². The molecule has 0 amide bonds. The number of aryl methyl sites for hydroxylation is 1. The van der Waals surface area contributed by atoms with E-state index in [-0.39, 0.29) is 0 Å². The lowest BCUT2D eigenvalue weighted by atomic mass is 10.2. The Morgan fingerprint density at radius 2 is 2.15 bits per heavy atom. The molecule has 1 aromatic carbocycles. The molecule has 4 nitrogen and oxygen atoms in total. The van der Waals surface area contributed by atoms with E-state index in [4.69, 9.17) is 17.0 Å². The van der Waals surface area contributed by atoms with Crippen LogP contribution in [0.4, 0.5) is 0 Å². The van der Waals surface area contributed by atoms with Gasteiger partial charge in [0.25, 0.3) is 0 Å². The average Bonchev–Trinajstić information content (AvgIpc) is 2.74. The number of methoxy groups -OCH3 is 1. The molecule has 0 spiro atoms. The number of H-pyrrole nitrogens is 1. The smallest absolute Gasteiger partial charge is 0.178 e. The first-order valence-corrected chi connectivity index (χ1v) is 6.77. The maximum absolute atomic E-state index is 5.40. The van der Waals surface area contributed by atoms with Crippen molar-refractivity contribution in [1.29, 1.82) is 0 Å². The van der Waals surface area contributed by atoms with E-state index in [0.29, 0.717) is 11.3 Å². The van der Waals surface area contributed by atoms with Crippen molar-refractivity contribution in [1.82, 2.24) is 14.5 Å². The summed E-state index contributed by atoms with van der Waals surface area (Å²) < 4.78 is 8.01. The first-order chi connectivity index (χ1) is 9.67. The predicted molar refractivity (Wildman–Crippen MR) is 81.8 cm³/mol. The second kappa shape index (κ2) is 5.09. The fraction of sp³-hybridized carbons (Fsp3) is 0.200. The van der Waals surface area contributed by atoms with Crippen LogP contribution in [0.25, 0.3) is 11.0 Å². The van der Waals surface area contributed by atoms with Crippen LogP contribution in [-0.2, 0) is 6.54 Å². The van der Waals surface area contributed by atoms with E-state index < -0.39 is 0 Å². The van der Waals surface area contributed by atoms with Gasteiger partial charge in [0.1, 0.15) is 5.75 Å². The molecule has 0 saturated carbocycles. The quantitative estimate of drug-likeness (QED) is 0.749. The van der Waals surface area contributed by atoms with Gasteiger partial charge in [-0.25, -0.2) is 0 Å². The summed E-state index contributed by atoms with van der Waals surface area (Å²) in [6.07, 6.45) is 0. The molecule has 20 heavy (non-hydrogen) atoms. The van der Waals surface area contributed by atoms with Crippen molar-refractivity contribution < 1.29 is 4.74 Å². The third-order valence-electron chi connectivity index (χ3n) is 3.25. The average molecular weight is 285 g/mol. The second-order valence-corrected chi connectivity index (χ2v) is 5.06. The number of hydrogen-bond donors (Lipinski definition) is 1. The zero-order valence-electron chi connectivity index (χ0n) is 11.4. The highest BCUT2D eigenvalue weighted by Gasteiger charge is 2.07. The minimum atomic E-state index is 0.647. The Morgan fingerprint density at radius 1 is 1.30 bits per heavy atom. The number of fused-ring (bicyclic) bond motifs is 1. The van der Waals surface area contributed by atoms with E-state index in [1.54, 1.807) is 7.11 Å². The fourth-order valence-corrected chi connectivity index (χ4v) is 2.54. The number of nitrogens with zero attached hydrogens (tertiary/aromatic N) is 2. The normalized spacial score (nSPS) is 10.9. The molecule has 0 radical (unpaired) electrons. The van der Waals surface area contributed by atoms with E-state index in [0.717, 1.165) is 28.2 Å². The molecule has 0 aliphatic heterocycles. The van der Waals surface area contributed by atoms with Crippen LogP contribution in [0.2, 0.25) is 0 Å². The molecular formula is C15H15N3OS. The number of pyridine rings is 1. The minimum absolute atomic E-state index is 0.647. The maximum atomic E-state index is 5.40. The third kappa shape index (κ3) is 2.32. The first-order valence-electron chi connectivity index (χ1n) is 6.36. The molecule has 2 heterocycles. The number of rotatable bonds is 3. The topological polar surface area (TPSA) is 42.8 Å². The van der Waals surface area contributed by atoms with E-state index >= 15 is 0 Å². The Labute approximate surface area is 122 Å². The number of benzene rings is 1. The Balaban J connectivity index is 2.10. The van der Waals surface area contributed by atoms with E-state index in [1.807, 2.05) is 47.9 Å². The first kappa shape index (κ1) is 12.9. The lowest BCUT2D eigenvalue weighted by molar-refractivity contribution is 0.415. The second-order valence-electron chi connectivity index (χ2n) is 4.67. The zero-order valence-corrected chi connectivity index (χ0v) is 12.2. The van der Waals surface area contributed by atoms with Crippen molar-refractivity contribution in [2.45, 2.75) is 13.5 Å². The van der Waals surface area contributed by atoms with Gasteiger partial charge in [-0.1, -0.05) is 6.07 Å². The molecule has 0 atom stereocenters. The van der Waals surface area contributed by atoms with Crippen molar-refractivity contribution in [2.24, 2.45) is 0 Å². The molecule has 0 bridgehead atoms. The van der Waals surface area contributed by atoms with Gasteiger partial charge >= 0.3 is 0 Å². The molecule has 0 unspecified atom stereocenters. The van der Waals surface area contributed by atoms with Crippen LogP contribution in [0.15, 0.2) is 36.4 Å². The van der Waals surface area contributed by atoms with Crippen molar-refractivity contribution in [3.8, 4) is 5.75 Å². The molecule has 1 N–H and O–H groups in total. The third-order valence-corrected chi connectivity index (χ3v) is 3.57. The number of ether oxygens (including phenoxy) is 1. The van der Waals surface area contributed by atoms with E-state index in [2.05, 4.69) is 9.97 Å². The van der Waals surface area contributed by atoms with Gasteiger partial charge in [0.2, 0.25) is 0 Å². The minimum Gasteiger partial charge on any atom is -0.497 e. The summed E-state index contributed by atoms with van der Waals surface area (Å²) in [6, 6.07) is 11.9. The molecule has 0 saturated heterocycles. The summed E-state index contributed by atoms with van der Waals surface area (Å²) in [5, 5.41) is 0. The largest absolute Gasteiger partial charge is 0.497 e. The summed E-state index contributed by atoms with van der Waals surface area (Å²) in [5.74, 6) is 0.817. The maximum Gasteiger partial charge on any atom is 0.178 e. The van der Waals surface area contributed by atoms with Gasteiger partial charge in [-0.15, -0.1) is 0 Å². The highest BCUT2D eigenvalue weighted by molar-refractivity contribution is 7.71. The summed E-state index contributed by atoms with van der Waals surface area (Å²) in [5.41, 5.74) is 4.03. The van der Waals surface area contributed by atoms with Crippen molar-refractivity contribution in [2.75, 3.05) is 7.11 Å². The van der Waals surface area contributed by atoms with Crippen LogP contribution >= 0.6 is 12.2 Å². The summed E-state index contributed by atoms with van der Waals surface area (Å²) in [4.78, 5) is 7.73. The Morgan fingerprint density at radius 3 is 2.90 bits per heavy atom. The summed E-state index contributed by atoms with van der Waals surface area (Å²) in [6.45, 7) is 2.63. The lowest BCUT2D eigenvalue weighted by Gasteiger charge is -2.06. The predicted octanol–water partition coefficient (Wildman–Crippen LogP) is 3.46. The van der Waals surface area contributed by atoms with Crippen molar-refractivity contribution in [3.05, 3.63) is 52.6 Å². The number of nitrogens with one attached hydrogen (secondary N) is 1. The fourth-order valence-electron chi connectivity index (χ4n) is 2.27. The lowest BCUT2D eigenvalue weighted by Crippen LogP contribution is -2.02. The zero-order chi connectivity index (χ0) is 14.1. The van der Waals surface area contributed by atoms with Crippen LogP contribution in [0.1, 0.15) is 11.4 Å². The van der Waals surface area contributed by atoms with Crippen molar-refractivity contribution in [3.63, 3.8) is 0 Å². The van der Waals surface area contributed by atoms with Gasteiger partial charge in [0.15, 0.2) is 4.77 Å². The van der Waals surface area contributed by atoms with Crippen molar-refractivity contribution >= 4 is 23.3 Å². The molecule has 5 heteroatoms.